The first-order valence-corrected chi connectivity index (χ1v) is 14.3. The van der Waals surface area contributed by atoms with Crippen molar-refractivity contribution in [1.82, 2.24) is 5.43 Å². The maximum absolute atomic E-state index is 13.6. The van der Waals surface area contributed by atoms with Crippen LogP contribution in [0.5, 0.6) is 5.75 Å². The Hall–Kier alpha value is -4.96. The molecule has 10 heteroatoms. The number of amides is 2. The summed E-state index contributed by atoms with van der Waals surface area (Å²) in [5.41, 5.74) is 5.05. The number of hydrazone groups is 1. The van der Waals surface area contributed by atoms with Crippen LogP contribution in [0.3, 0.4) is 0 Å². The van der Waals surface area contributed by atoms with Crippen molar-refractivity contribution in [2.75, 3.05) is 22.8 Å². The van der Waals surface area contributed by atoms with Crippen molar-refractivity contribution in [3.63, 3.8) is 0 Å². The zero-order valence-electron chi connectivity index (χ0n) is 22.7. The smallest absolute Gasteiger partial charge is 0.264 e. The van der Waals surface area contributed by atoms with Gasteiger partial charge in [-0.1, -0.05) is 60.7 Å². The number of anilines is 2. The third kappa shape index (κ3) is 7.37. The molecule has 0 spiro atoms. The number of sulfonamides is 1. The molecule has 2 amide bonds. The Balaban J connectivity index is 1.49. The minimum absolute atomic E-state index is 0.0400. The average Bonchev–Trinajstić information content (AvgIpc) is 3.00. The lowest BCUT2D eigenvalue weighted by Gasteiger charge is -2.25. The van der Waals surface area contributed by atoms with Crippen molar-refractivity contribution in [2.45, 2.75) is 18.7 Å². The molecule has 210 valence electrons. The highest BCUT2D eigenvalue weighted by Crippen LogP contribution is 2.32. The van der Waals surface area contributed by atoms with Crippen molar-refractivity contribution in [1.29, 1.82) is 0 Å². The number of nitrogens with zero attached hydrogens (tertiary/aromatic N) is 2. The Bertz CT molecular complexity index is 1620. The summed E-state index contributed by atoms with van der Waals surface area (Å²) < 4.78 is 33.9. The van der Waals surface area contributed by atoms with Gasteiger partial charge in [-0.2, -0.15) is 5.10 Å². The summed E-state index contributed by atoms with van der Waals surface area (Å²) in [6.07, 6.45) is 0. The summed E-state index contributed by atoms with van der Waals surface area (Å²) >= 11 is 0. The van der Waals surface area contributed by atoms with Crippen molar-refractivity contribution in [2.24, 2.45) is 5.10 Å². The monoisotopic (exact) mass is 570 g/mol. The number of carbonyl (C=O) groups is 2. The molecular formula is C31H30N4O5S. The molecule has 0 aliphatic carbocycles. The molecule has 0 bridgehead atoms. The maximum atomic E-state index is 13.6. The van der Waals surface area contributed by atoms with Crippen LogP contribution in [0.2, 0.25) is 0 Å². The second kappa shape index (κ2) is 13.4. The summed E-state index contributed by atoms with van der Waals surface area (Å²) in [5, 5.41) is 7.00. The van der Waals surface area contributed by atoms with Gasteiger partial charge in [-0.15, -0.1) is 0 Å². The fourth-order valence-electron chi connectivity index (χ4n) is 3.92. The zero-order valence-corrected chi connectivity index (χ0v) is 23.5. The molecule has 0 atom stereocenters. The number of benzene rings is 4. The molecule has 0 fully saturated rings. The van der Waals surface area contributed by atoms with E-state index in [-0.39, 0.29) is 16.5 Å². The van der Waals surface area contributed by atoms with Crippen LogP contribution in [-0.4, -0.2) is 39.1 Å². The van der Waals surface area contributed by atoms with Crippen LogP contribution in [0, 0.1) is 0 Å². The van der Waals surface area contributed by atoms with E-state index in [0.29, 0.717) is 34.9 Å². The molecule has 4 aromatic carbocycles. The van der Waals surface area contributed by atoms with E-state index in [4.69, 9.17) is 4.74 Å². The van der Waals surface area contributed by atoms with Gasteiger partial charge >= 0.3 is 0 Å². The second-order valence-corrected chi connectivity index (χ2v) is 10.7. The molecule has 0 aliphatic heterocycles. The van der Waals surface area contributed by atoms with Gasteiger partial charge < -0.3 is 10.1 Å². The van der Waals surface area contributed by atoms with Crippen molar-refractivity contribution >= 4 is 38.9 Å². The predicted molar refractivity (Wildman–Crippen MR) is 160 cm³/mol. The SMILES string of the molecule is CCOc1ccccc1N(CC(=O)N/N=C(/C)c1ccc(NC(=O)c2ccccc2)cc1)S(=O)(=O)c1ccccc1. The molecule has 0 aromatic heterocycles. The van der Waals surface area contributed by atoms with Crippen molar-refractivity contribution in [3.05, 3.63) is 120 Å². The predicted octanol–water partition coefficient (Wildman–Crippen LogP) is 5.07. The fraction of sp³-hybridized carbons (Fsp3) is 0.129. The summed E-state index contributed by atoms with van der Waals surface area (Å²) in [5.74, 6) is -0.528. The van der Waals surface area contributed by atoms with Crippen LogP contribution in [0.15, 0.2) is 119 Å². The highest BCUT2D eigenvalue weighted by Gasteiger charge is 2.29. The second-order valence-electron chi connectivity index (χ2n) is 8.86. The zero-order chi connectivity index (χ0) is 29.2. The van der Waals surface area contributed by atoms with Crippen LogP contribution in [-0.2, 0) is 14.8 Å². The van der Waals surface area contributed by atoms with Gasteiger partial charge in [0.1, 0.15) is 12.3 Å². The molecule has 2 N–H and O–H groups in total. The number of rotatable bonds is 11. The minimum atomic E-state index is -4.11. The normalized spacial score (nSPS) is 11.4. The van der Waals surface area contributed by atoms with E-state index in [1.165, 1.54) is 12.1 Å². The Morgan fingerprint density at radius 3 is 2.07 bits per heavy atom. The lowest BCUT2D eigenvalue weighted by molar-refractivity contribution is -0.119. The molecule has 0 saturated heterocycles. The van der Waals surface area contributed by atoms with E-state index in [1.54, 1.807) is 105 Å². The van der Waals surface area contributed by atoms with E-state index in [9.17, 15) is 18.0 Å². The third-order valence-electron chi connectivity index (χ3n) is 6.00. The number of carbonyl (C=O) groups excluding carboxylic acids is 2. The van der Waals surface area contributed by atoms with Crippen LogP contribution in [0.1, 0.15) is 29.8 Å². The maximum Gasteiger partial charge on any atom is 0.264 e. The van der Waals surface area contributed by atoms with Gasteiger partial charge in [-0.25, -0.2) is 13.8 Å². The summed E-state index contributed by atoms with van der Waals surface area (Å²) in [6, 6.07) is 30.4. The Labute approximate surface area is 239 Å². The van der Waals surface area contributed by atoms with Gasteiger partial charge in [0.15, 0.2) is 0 Å². The Kier molecular flexibility index (Phi) is 9.49. The average molecular weight is 571 g/mol. The van der Waals surface area contributed by atoms with E-state index < -0.39 is 22.5 Å². The van der Waals surface area contributed by atoms with Gasteiger partial charge in [-0.3, -0.25) is 13.9 Å². The van der Waals surface area contributed by atoms with Gasteiger partial charge in [0.05, 0.1) is 22.9 Å². The Morgan fingerprint density at radius 1 is 0.805 bits per heavy atom. The molecule has 9 nitrogen and oxygen atoms in total. The van der Waals surface area contributed by atoms with Crippen LogP contribution < -0.4 is 19.8 Å². The van der Waals surface area contributed by atoms with Gasteiger partial charge in [0, 0.05) is 11.3 Å². The van der Waals surface area contributed by atoms with E-state index in [0.717, 1.165) is 4.31 Å². The first kappa shape index (κ1) is 29.0. The van der Waals surface area contributed by atoms with Crippen LogP contribution in [0.4, 0.5) is 11.4 Å². The van der Waals surface area contributed by atoms with Crippen molar-refractivity contribution in [3.8, 4) is 5.75 Å². The molecule has 4 rings (SSSR count). The van der Waals surface area contributed by atoms with E-state index >= 15 is 0 Å². The summed E-state index contributed by atoms with van der Waals surface area (Å²) in [6.45, 7) is 3.30. The molecule has 0 unspecified atom stereocenters. The first-order chi connectivity index (χ1) is 19.8. The van der Waals surface area contributed by atoms with Gasteiger partial charge in [0.25, 0.3) is 21.8 Å². The quantitative estimate of drug-likeness (QED) is 0.193. The van der Waals surface area contributed by atoms with Gasteiger partial charge in [-0.05, 0) is 67.9 Å². The van der Waals surface area contributed by atoms with Gasteiger partial charge in [0.2, 0.25) is 0 Å². The number of hydrogen-bond acceptors (Lipinski definition) is 6. The number of para-hydroxylation sites is 2. The molecule has 0 radical (unpaired) electrons. The topological polar surface area (TPSA) is 117 Å². The fourth-order valence-corrected chi connectivity index (χ4v) is 5.38. The molecule has 0 heterocycles. The van der Waals surface area contributed by atoms with Crippen LogP contribution >= 0.6 is 0 Å². The van der Waals surface area contributed by atoms with E-state index in [1.807, 2.05) is 6.07 Å². The summed E-state index contributed by atoms with van der Waals surface area (Å²) in [7, 11) is -4.11. The molecule has 0 saturated carbocycles. The molecule has 4 aromatic rings. The third-order valence-corrected chi connectivity index (χ3v) is 7.77. The lowest BCUT2D eigenvalue weighted by Crippen LogP contribution is -2.40. The number of ether oxygens (including phenoxy) is 1. The number of hydrogen-bond donors (Lipinski definition) is 2. The minimum Gasteiger partial charge on any atom is -0.492 e. The highest BCUT2D eigenvalue weighted by atomic mass is 32.2. The first-order valence-electron chi connectivity index (χ1n) is 12.9. The van der Waals surface area contributed by atoms with E-state index in [2.05, 4.69) is 15.8 Å². The summed E-state index contributed by atoms with van der Waals surface area (Å²) in [4.78, 5) is 25.4. The van der Waals surface area contributed by atoms with Crippen LogP contribution in [0.25, 0.3) is 0 Å². The molecular weight excluding hydrogens is 540 g/mol. The van der Waals surface area contributed by atoms with Crippen molar-refractivity contribution < 1.29 is 22.7 Å². The number of nitrogens with one attached hydrogen (secondary N) is 2. The molecule has 41 heavy (non-hydrogen) atoms. The largest absolute Gasteiger partial charge is 0.492 e. The standard InChI is InChI=1S/C31H30N4O5S/c1-3-40-29-17-11-10-16-28(29)35(41(38,39)27-14-8-5-9-15-27)22-30(36)34-33-23(2)24-18-20-26(21-19-24)32-31(37)25-12-6-4-7-13-25/h4-21H,3,22H2,1-2H3,(H,32,37)(H,34,36)/b33-23-. The Morgan fingerprint density at radius 2 is 1.41 bits per heavy atom. The lowest BCUT2D eigenvalue weighted by atomic mass is 10.1. The molecule has 0 aliphatic rings. The highest BCUT2D eigenvalue weighted by molar-refractivity contribution is 7.92.